The van der Waals surface area contributed by atoms with Gasteiger partial charge in [-0.15, -0.1) is 11.3 Å². The van der Waals surface area contributed by atoms with Crippen molar-refractivity contribution in [1.29, 1.82) is 0 Å². The van der Waals surface area contributed by atoms with Gasteiger partial charge in [0.15, 0.2) is 0 Å². The van der Waals surface area contributed by atoms with Crippen molar-refractivity contribution in [2.75, 3.05) is 7.05 Å². The third-order valence-corrected chi connectivity index (χ3v) is 4.51. The zero-order valence-corrected chi connectivity index (χ0v) is 14.2. The predicted octanol–water partition coefficient (Wildman–Crippen LogP) is 3.62. The third kappa shape index (κ3) is 3.62. The van der Waals surface area contributed by atoms with Crippen molar-refractivity contribution >= 4 is 29.4 Å². The number of unbranched alkanes of at least 4 members (excludes halogenated alkanes) is 1. The predicted molar refractivity (Wildman–Crippen MR) is 89.0 cm³/mol. The van der Waals surface area contributed by atoms with Crippen molar-refractivity contribution in [1.82, 2.24) is 15.5 Å². The first-order chi connectivity index (χ1) is 10.6. The molecule has 0 aromatic carbocycles. The Kier molecular flexibility index (Phi) is 5.49. The number of aryl methyl sites for hydroxylation is 3. The van der Waals surface area contributed by atoms with Gasteiger partial charge in [-0.25, -0.2) is 4.98 Å². The van der Waals surface area contributed by atoms with E-state index in [2.05, 4.69) is 22.4 Å². The van der Waals surface area contributed by atoms with E-state index in [9.17, 15) is 4.79 Å². The molecule has 0 saturated carbocycles. The van der Waals surface area contributed by atoms with Crippen molar-refractivity contribution in [2.24, 2.45) is 0 Å². The van der Waals surface area contributed by atoms with Gasteiger partial charge in [0.2, 0.25) is 0 Å². The van der Waals surface area contributed by atoms with Crippen LogP contribution in [-0.2, 0) is 6.42 Å². The lowest BCUT2D eigenvalue weighted by Gasteiger charge is -1.95. The Morgan fingerprint density at radius 1 is 1.36 bits per heavy atom. The van der Waals surface area contributed by atoms with E-state index in [4.69, 9.17) is 4.52 Å². The summed E-state index contributed by atoms with van der Waals surface area (Å²) in [5, 5.41) is 7.56. The highest BCUT2D eigenvalue weighted by molar-refractivity contribution is 7.14. The number of amides is 1. The van der Waals surface area contributed by atoms with E-state index in [1.165, 1.54) is 11.3 Å². The normalized spacial score (nSPS) is 11.3. The van der Waals surface area contributed by atoms with Crippen LogP contribution in [0.3, 0.4) is 0 Å². The molecule has 5 nitrogen and oxygen atoms in total. The smallest absolute Gasteiger partial charge is 0.263 e. The summed E-state index contributed by atoms with van der Waals surface area (Å²) in [6.45, 7) is 5.90. The maximum atomic E-state index is 11.7. The second-order valence-corrected chi connectivity index (χ2v) is 6.11. The minimum Gasteiger partial charge on any atom is -0.361 e. The van der Waals surface area contributed by atoms with Crippen LogP contribution in [0.15, 0.2) is 4.52 Å². The highest BCUT2D eigenvalue weighted by Crippen LogP contribution is 2.22. The van der Waals surface area contributed by atoms with Crippen LogP contribution in [-0.4, -0.2) is 23.1 Å². The molecule has 1 amide bonds. The van der Waals surface area contributed by atoms with Gasteiger partial charge in [0, 0.05) is 12.6 Å². The average Bonchev–Trinajstić information content (AvgIpc) is 3.05. The molecule has 22 heavy (non-hydrogen) atoms. The standard InChI is InChI=1S/C16H21N3O2S/c1-5-6-7-13-12(11(3)21-19-13)8-9-14-18-10(2)15(22-14)16(20)17-4/h8-9H,5-7H2,1-4H3,(H,17,20)/b9-8+. The first-order valence-corrected chi connectivity index (χ1v) is 8.21. The molecule has 6 heteroatoms. The van der Waals surface area contributed by atoms with E-state index in [1.807, 2.05) is 26.0 Å². The Morgan fingerprint density at radius 3 is 2.82 bits per heavy atom. The molecule has 0 fully saturated rings. The summed E-state index contributed by atoms with van der Waals surface area (Å²) in [5.41, 5.74) is 2.75. The number of thiazole rings is 1. The zero-order valence-electron chi connectivity index (χ0n) is 13.4. The molecule has 0 unspecified atom stereocenters. The summed E-state index contributed by atoms with van der Waals surface area (Å²) in [5.74, 6) is 0.710. The highest BCUT2D eigenvalue weighted by Gasteiger charge is 2.13. The van der Waals surface area contributed by atoms with Gasteiger partial charge in [-0.05, 0) is 38.8 Å². The van der Waals surface area contributed by atoms with E-state index in [-0.39, 0.29) is 5.91 Å². The number of rotatable bonds is 6. The Labute approximate surface area is 134 Å². The van der Waals surface area contributed by atoms with Gasteiger partial charge in [-0.1, -0.05) is 18.5 Å². The number of nitrogens with one attached hydrogen (secondary N) is 1. The minimum absolute atomic E-state index is 0.0977. The number of hydrogen-bond acceptors (Lipinski definition) is 5. The molecule has 0 bridgehead atoms. The van der Waals surface area contributed by atoms with Gasteiger partial charge in [0.25, 0.3) is 5.91 Å². The molecule has 0 aliphatic carbocycles. The monoisotopic (exact) mass is 319 g/mol. The summed E-state index contributed by atoms with van der Waals surface area (Å²) < 4.78 is 5.28. The van der Waals surface area contributed by atoms with Crippen molar-refractivity contribution in [3.63, 3.8) is 0 Å². The molecule has 1 N–H and O–H groups in total. The summed E-state index contributed by atoms with van der Waals surface area (Å²) in [6.07, 6.45) is 7.01. The highest BCUT2D eigenvalue weighted by atomic mass is 32.1. The van der Waals surface area contributed by atoms with Gasteiger partial charge in [-0.2, -0.15) is 0 Å². The Morgan fingerprint density at radius 2 is 2.14 bits per heavy atom. The fraction of sp³-hybridized carbons (Fsp3) is 0.438. The Balaban J connectivity index is 2.22. The van der Waals surface area contributed by atoms with E-state index in [0.717, 1.165) is 47.0 Å². The van der Waals surface area contributed by atoms with Crippen LogP contribution in [0.2, 0.25) is 0 Å². The molecule has 2 rings (SSSR count). The Bertz CT molecular complexity index is 686. The summed E-state index contributed by atoms with van der Waals surface area (Å²) in [6, 6.07) is 0. The molecule has 0 atom stereocenters. The maximum Gasteiger partial charge on any atom is 0.263 e. The second kappa shape index (κ2) is 7.35. The van der Waals surface area contributed by atoms with Crippen LogP contribution in [0.5, 0.6) is 0 Å². The number of carbonyl (C=O) groups excluding carboxylic acids is 1. The SMILES string of the molecule is CCCCc1noc(C)c1/C=C/c1nc(C)c(C(=O)NC)s1. The molecule has 0 spiro atoms. The third-order valence-electron chi connectivity index (χ3n) is 3.39. The summed E-state index contributed by atoms with van der Waals surface area (Å²) >= 11 is 1.38. The molecular weight excluding hydrogens is 298 g/mol. The average molecular weight is 319 g/mol. The van der Waals surface area contributed by atoms with Gasteiger partial charge in [0.1, 0.15) is 15.6 Å². The van der Waals surface area contributed by atoms with Gasteiger partial charge in [0.05, 0.1) is 11.4 Å². The van der Waals surface area contributed by atoms with E-state index >= 15 is 0 Å². The zero-order chi connectivity index (χ0) is 16.1. The molecule has 2 heterocycles. The Hall–Kier alpha value is -1.95. The van der Waals surface area contributed by atoms with Crippen LogP contribution in [0.25, 0.3) is 12.2 Å². The quantitative estimate of drug-likeness (QED) is 0.883. The summed E-state index contributed by atoms with van der Waals surface area (Å²) in [7, 11) is 1.62. The molecule has 0 aliphatic rings. The molecule has 2 aromatic rings. The molecule has 118 valence electrons. The van der Waals surface area contributed by atoms with Crippen molar-refractivity contribution < 1.29 is 9.32 Å². The molecule has 0 saturated heterocycles. The first-order valence-electron chi connectivity index (χ1n) is 7.39. The lowest BCUT2D eigenvalue weighted by Crippen LogP contribution is -2.17. The lowest BCUT2D eigenvalue weighted by molar-refractivity contribution is 0.0966. The molecule has 0 aliphatic heterocycles. The topological polar surface area (TPSA) is 68.0 Å². The van der Waals surface area contributed by atoms with Crippen LogP contribution in [0.4, 0.5) is 0 Å². The van der Waals surface area contributed by atoms with Crippen LogP contribution >= 0.6 is 11.3 Å². The first kappa shape index (κ1) is 16.4. The summed E-state index contributed by atoms with van der Waals surface area (Å²) in [4.78, 5) is 16.8. The van der Waals surface area contributed by atoms with Gasteiger partial charge in [-0.3, -0.25) is 4.79 Å². The van der Waals surface area contributed by atoms with E-state index in [0.29, 0.717) is 4.88 Å². The number of nitrogens with zero attached hydrogens (tertiary/aromatic N) is 2. The van der Waals surface area contributed by atoms with Crippen molar-refractivity contribution in [3.05, 3.63) is 32.6 Å². The fourth-order valence-electron chi connectivity index (χ4n) is 2.13. The van der Waals surface area contributed by atoms with Crippen LogP contribution in [0.1, 0.15) is 57.2 Å². The molecule has 2 aromatic heterocycles. The lowest BCUT2D eigenvalue weighted by atomic mass is 10.1. The minimum atomic E-state index is -0.0977. The van der Waals surface area contributed by atoms with Crippen molar-refractivity contribution in [2.45, 2.75) is 40.0 Å². The van der Waals surface area contributed by atoms with Crippen LogP contribution in [0, 0.1) is 13.8 Å². The second-order valence-electron chi connectivity index (χ2n) is 5.08. The number of hydrogen-bond donors (Lipinski definition) is 1. The van der Waals surface area contributed by atoms with Crippen LogP contribution < -0.4 is 5.32 Å². The van der Waals surface area contributed by atoms with Gasteiger partial charge >= 0.3 is 0 Å². The molecular formula is C16H21N3O2S. The number of carbonyl (C=O) groups is 1. The largest absolute Gasteiger partial charge is 0.361 e. The fourth-order valence-corrected chi connectivity index (χ4v) is 3.05. The van der Waals surface area contributed by atoms with Gasteiger partial charge < -0.3 is 9.84 Å². The van der Waals surface area contributed by atoms with Crippen molar-refractivity contribution in [3.8, 4) is 0 Å². The van der Waals surface area contributed by atoms with E-state index in [1.54, 1.807) is 7.05 Å². The van der Waals surface area contributed by atoms with E-state index < -0.39 is 0 Å². The maximum absolute atomic E-state index is 11.7. The number of aromatic nitrogens is 2. The molecule has 0 radical (unpaired) electrons.